The van der Waals surface area contributed by atoms with Crippen LogP contribution in [0.5, 0.6) is 0 Å². The molecule has 0 N–H and O–H groups in total. The zero-order valence-electron chi connectivity index (χ0n) is 9.91. The minimum Gasteiger partial charge on any atom is -0.459 e. The highest BCUT2D eigenvalue weighted by molar-refractivity contribution is 5.81. The van der Waals surface area contributed by atoms with Gasteiger partial charge in [0.15, 0.2) is 0 Å². The number of carbonyl (C=O) groups is 1. The van der Waals surface area contributed by atoms with E-state index in [0.717, 1.165) is 6.42 Å². The summed E-state index contributed by atoms with van der Waals surface area (Å²) < 4.78 is 5.38. The maximum absolute atomic E-state index is 11.3. The molecule has 0 aliphatic heterocycles. The maximum Gasteiger partial charge on any atom is 0.330 e. The highest BCUT2D eigenvalue weighted by Crippen LogP contribution is 2.19. The molecule has 0 saturated carbocycles. The summed E-state index contributed by atoms with van der Waals surface area (Å²) in [6.45, 7) is 10.2. The van der Waals surface area contributed by atoms with Crippen LogP contribution >= 0.6 is 0 Å². The molecule has 0 spiro atoms. The average Bonchev–Trinajstić information content (AvgIpc) is 2.13. The third-order valence-corrected chi connectivity index (χ3v) is 2.42. The molecule has 2 atom stereocenters. The molecule has 0 heterocycles. The summed E-state index contributed by atoms with van der Waals surface area (Å²) in [6.07, 6.45) is 4.24. The molecule has 82 valence electrons. The van der Waals surface area contributed by atoms with Gasteiger partial charge in [-0.2, -0.15) is 0 Å². The van der Waals surface area contributed by atoms with Crippen LogP contribution in [0.1, 0.15) is 41.0 Å². The fourth-order valence-electron chi connectivity index (χ4n) is 1.45. The van der Waals surface area contributed by atoms with Crippen LogP contribution in [-0.2, 0) is 9.53 Å². The van der Waals surface area contributed by atoms with E-state index >= 15 is 0 Å². The van der Waals surface area contributed by atoms with E-state index in [1.807, 2.05) is 6.92 Å². The van der Waals surface area contributed by atoms with Gasteiger partial charge in [-0.25, -0.2) is 4.79 Å². The monoisotopic (exact) mass is 198 g/mol. The minimum absolute atomic E-state index is 0.0312. The van der Waals surface area contributed by atoms with Gasteiger partial charge in [-0.1, -0.05) is 40.2 Å². The van der Waals surface area contributed by atoms with E-state index in [9.17, 15) is 4.79 Å². The third kappa shape index (κ3) is 4.45. The van der Waals surface area contributed by atoms with Gasteiger partial charge in [0.25, 0.3) is 0 Å². The van der Waals surface area contributed by atoms with Crippen LogP contribution in [0.2, 0.25) is 0 Å². The second kappa shape index (κ2) is 6.63. The smallest absolute Gasteiger partial charge is 0.330 e. The first kappa shape index (κ1) is 13.2. The largest absolute Gasteiger partial charge is 0.459 e. The van der Waals surface area contributed by atoms with E-state index in [2.05, 4.69) is 27.7 Å². The fourth-order valence-corrected chi connectivity index (χ4v) is 1.45. The molecule has 2 heteroatoms. The molecule has 0 aromatic rings. The number of allylic oxidation sites excluding steroid dienone is 1. The first-order valence-electron chi connectivity index (χ1n) is 5.36. The van der Waals surface area contributed by atoms with Gasteiger partial charge < -0.3 is 4.74 Å². The molecule has 0 aromatic carbocycles. The first-order chi connectivity index (χ1) is 6.52. The Hall–Kier alpha value is -0.790. The Bertz CT molecular complexity index is 194. The summed E-state index contributed by atoms with van der Waals surface area (Å²) in [7, 11) is 0. The van der Waals surface area contributed by atoms with Crippen molar-refractivity contribution in [2.24, 2.45) is 11.8 Å². The van der Waals surface area contributed by atoms with Crippen LogP contribution in [0.15, 0.2) is 12.2 Å². The molecule has 0 aliphatic carbocycles. The molecule has 0 amide bonds. The van der Waals surface area contributed by atoms with Crippen LogP contribution in [0.4, 0.5) is 0 Å². The Balaban J connectivity index is 4.30. The molecule has 0 aromatic heterocycles. The van der Waals surface area contributed by atoms with Crippen LogP contribution < -0.4 is 0 Å². The van der Waals surface area contributed by atoms with Crippen molar-refractivity contribution >= 4 is 5.97 Å². The first-order valence-corrected chi connectivity index (χ1v) is 5.36. The van der Waals surface area contributed by atoms with Gasteiger partial charge in [0.1, 0.15) is 6.10 Å². The lowest BCUT2D eigenvalue weighted by Gasteiger charge is -2.26. The van der Waals surface area contributed by atoms with Crippen molar-refractivity contribution in [2.45, 2.75) is 47.1 Å². The van der Waals surface area contributed by atoms with Crippen molar-refractivity contribution in [1.82, 2.24) is 0 Å². The Labute approximate surface area is 87.3 Å². The molecule has 14 heavy (non-hydrogen) atoms. The molecule has 0 unspecified atom stereocenters. The van der Waals surface area contributed by atoms with E-state index in [1.54, 1.807) is 6.08 Å². The SMILES string of the molecule is C/C=C/C(=O)O[C@H](C(C)C)[C@@H](C)CC. The lowest BCUT2D eigenvalue weighted by molar-refractivity contribution is -0.148. The van der Waals surface area contributed by atoms with E-state index < -0.39 is 0 Å². The summed E-state index contributed by atoms with van der Waals surface area (Å²) in [6, 6.07) is 0. The normalized spacial score (nSPS) is 15.9. The van der Waals surface area contributed by atoms with Crippen LogP contribution in [0.3, 0.4) is 0 Å². The number of rotatable bonds is 5. The summed E-state index contributed by atoms with van der Waals surface area (Å²) >= 11 is 0. The zero-order chi connectivity index (χ0) is 11.1. The maximum atomic E-state index is 11.3. The van der Waals surface area contributed by atoms with Crippen LogP contribution in [0, 0.1) is 11.8 Å². The molecule has 0 fully saturated rings. The van der Waals surface area contributed by atoms with Crippen molar-refractivity contribution in [3.05, 3.63) is 12.2 Å². The zero-order valence-corrected chi connectivity index (χ0v) is 9.91. The average molecular weight is 198 g/mol. The van der Waals surface area contributed by atoms with Gasteiger partial charge >= 0.3 is 5.97 Å². The molecule has 0 radical (unpaired) electrons. The molecule has 0 bridgehead atoms. The Morgan fingerprint density at radius 3 is 2.29 bits per heavy atom. The fraction of sp³-hybridized carbons (Fsp3) is 0.750. The van der Waals surface area contributed by atoms with Crippen molar-refractivity contribution in [2.75, 3.05) is 0 Å². The summed E-state index contributed by atoms with van der Waals surface area (Å²) in [4.78, 5) is 11.3. The van der Waals surface area contributed by atoms with Gasteiger partial charge in [0.05, 0.1) is 0 Å². The predicted octanol–water partition coefficient (Wildman–Crippen LogP) is 3.18. The van der Waals surface area contributed by atoms with Crippen molar-refractivity contribution in [3.63, 3.8) is 0 Å². The predicted molar refractivity (Wildman–Crippen MR) is 59.0 cm³/mol. The van der Waals surface area contributed by atoms with Crippen LogP contribution in [0.25, 0.3) is 0 Å². The number of carbonyl (C=O) groups excluding carboxylic acids is 1. The van der Waals surface area contributed by atoms with Crippen LogP contribution in [-0.4, -0.2) is 12.1 Å². The third-order valence-electron chi connectivity index (χ3n) is 2.42. The second-order valence-corrected chi connectivity index (χ2v) is 4.03. The Morgan fingerprint density at radius 2 is 1.93 bits per heavy atom. The van der Waals surface area contributed by atoms with Gasteiger partial charge in [-0.05, 0) is 18.8 Å². The highest BCUT2D eigenvalue weighted by atomic mass is 16.5. The summed E-state index contributed by atoms with van der Waals surface area (Å²) in [5.74, 6) is 0.565. The minimum atomic E-state index is -0.230. The van der Waals surface area contributed by atoms with E-state index in [4.69, 9.17) is 4.74 Å². The van der Waals surface area contributed by atoms with Gasteiger partial charge in [-0.15, -0.1) is 0 Å². The standard InChI is InChI=1S/C12H22O2/c1-6-8-11(13)14-12(9(3)4)10(5)7-2/h6,8-10,12H,7H2,1-5H3/b8-6+/t10-,12+/m0/s1. The summed E-state index contributed by atoms with van der Waals surface area (Å²) in [5, 5.41) is 0. The highest BCUT2D eigenvalue weighted by Gasteiger charge is 2.22. The van der Waals surface area contributed by atoms with E-state index in [1.165, 1.54) is 6.08 Å². The number of hydrogen-bond acceptors (Lipinski definition) is 2. The molecular weight excluding hydrogens is 176 g/mol. The molecule has 2 nitrogen and oxygen atoms in total. The van der Waals surface area contributed by atoms with E-state index in [0.29, 0.717) is 11.8 Å². The van der Waals surface area contributed by atoms with E-state index in [-0.39, 0.29) is 12.1 Å². The van der Waals surface area contributed by atoms with Gasteiger partial charge in [0.2, 0.25) is 0 Å². The van der Waals surface area contributed by atoms with Crippen molar-refractivity contribution in [3.8, 4) is 0 Å². The summed E-state index contributed by atoms with van der Waals surface area (Å²) in [5.41, 5.74) is 0. The van der Waals surface area contributed by atoms with Crippen molar-refractivity contribution in [1.29, 1.82) is 0 Å². The number of ether oxygens (including phenoxy) is 1. The quantitative estimate of drug-likeness (QED) is 0.501. The molecular formula is C12H22O2. The Kier molecular flexibility index (Phi) is 6.26. The van der Waals surface area contributed by atoms with Crippen molar-refractivity contribution < 1.29 is 9.53 Å². The number of esters is 1. The lowest BCUT2D eigenvalue weighted by atomic mass is 9.93. The Morgan fingerprint density at radius 1 is 1.36 bits per heavy atom. The van der Waals surface area contributed by atoms with Gasteiger partial charge in [0, 0.05) is 6.08 Å². The molecule has 0 saturated heterocycles. The number of hydrogen-bond donors (Lipinski definition) is 0. The second-order valence-electron chi connectivity index (χ2n) is 4.03. The topological polar surface area (TPSA) is 26.3 Å². The molecule has 0 aliphatic rings. The van der Waals surface area contributed by atoms with Gasteiger partial charge in [-0.3, -0.25) is 0 Å². The lowest BCUT2D eigenvalue weighted by Crippen LogP contribution is -2.29. The molecule has 0 rings (SSSR count).